The Balaban J connectivity index is 1.90. The number of amides is 1. The van der Waals surface area contributed by atoms with Gasteiger partial charge in [0.05, 0.1) is 17.9 Å². The number of carbonyl (C=O) groups is 2. The average molecular weight is 308 g/mol. The van der Waals surface area contributed by atoms with Gasteiger partial charge in [0.15, 0.2) is 5.78 Å². The van der Waals surface area contributed by atoms with Gasteiger partial charge in [-0.05, 0) is 50.1 Å². The van der Waals surface area contributed by atoms with Crippen molar-refractivity contribution in [1.82, 2.24) is 0 Å². The fourth-order valence-electron chi connectivity index (χ4n) is 2.79. The van der Waals surface area contributed by atoms with E-state index in [4.69, 9.17) is 0 Å². The first kappa shape index (κ1) is 15.3. The first-order valence-electron chi connectivity index (χ1n) is 7.75. The summed E-state index contributed by atoms with van der Waals surface area (Å²) in [6, 6.07) is 12.9. The summed E-state index contributed by atoms with van der Waals surface area (Å²) in [4.78, 5) is 26.7. The fourth-order valence-corrected chi connectivity index (χ4v) is 2.79. The third-order valence-corrected chi connectivity index (χ3v) is 4.33. The monoisotopic (exact) mass is 308 g/mol. The summed E-state index contributed by atoms with van der Waals surface area (Å²) in [5.41, 5.74) is 4.51. The van der Waals surface area contributed by atoms with Crippen molar-refractivity contribution in [3.8, 4) is 0 Å². The van der Waals surface area contributed by atoms with E-state index in [1.54, 1.807) is 4.90 Å². The molecule has 23 heavy (non-hydrogen) atoms. The zero-order chi connectivity index (χ0) is 16.6. The highest BCUT2D eigenvalue weighted by Gasteiger charge is 2.30. The Labute approximate surface area is 136 Å². The van der Waals surface area contributed by atoms with Crippen molar-refractivity contribution >= 4 is 23.1 Å². The molecule has 118 valence electrons. The Morgan fingerprint density at radius 1 is 1.13 bits per heavy atom. The van der Waals surface area contributed by atoms with Gasteiger partial charge >= 0.3 is 0 Å². The number of anilines is 2. The molecule has 0 saturated carbocycles. The van der Waals surface area contributed by atoms with E-state index < -0.39 is 0 Å². The molecule has 3 rings (SSSR count). The summed E-state index contributed by atoms with van der Waals surface area (Å²) in [5.74, 6) is -0.133. The first-order chi connectivity index (χ1) is 11.0. The molecule has 0 aliphatic carbocycles. The lowest BCUT2D eigenvalue weighted by atomic mass is 10.0. The van der Waals surface area contributed by atoms with Crippen molar-refractivity contribution in [3.63, 3.8) is 0 Å². The molecule has 1 amide bonds. The van der Waals surface area contributed by atoms with Gasteiger partial charge in [-0.25, -0.2) is 0 Å². The van der Waals surface area contributed by atoms with Gasteiger partial charge < -0.3 is 10.2 Å². The second kappa shape index (κ2) is 5.88. The zero-order valence-corrected chi connectivity index (χ0v) is 13.6. The second-order valence-electron chi connectivity index (χ2n) is 6.03. The molecule has 1 atom stereocenters. The molecular formula is C19H20N2O2. The second-order valence-corrected chi connectivity index (χ2v) is 6.03. The molecule has 2 aromatic rings. The summed E-state index contributed by atoms with van der Waals surface area (Å²) in [6.45, 7) is 5.87. The maximum atomic E-state index is 12.6. The van der Waals surface area contributed by atoms with Crippen LogP contribution in [-0.4, -0.2) is 24.3 Å². The van der Waals surface area contributed by atoms with E-state index in [1.807, 2.05) is 63.2 Å². The average Bonchev–Trinajstić information content (AvgIpc) is 2.54. The number of aryl methyl sites for hydroxylation is 2. The lowest BCUT2D eigenvalue weighted by Gasteiger charge is -2.33. The molecule has 0 fully saturated rings. The molecule has 4 heteroatoms. The van der Waals surface area contributed by atoms with Crippen molar-refractivity contribution in [2.75, 3.05) is 16.8 Å². The topological polar surface area (TPSA) is 49.4 Å². The van der Waals surface area contributed by atoms with Gasteiger partial charge in [-0.1, -0.05) is 24.3 Å². The van der Waals surface area contributed by atoms with Crippen LogP contribution in [0, 0.1) is 13.8 Å². The van der Waals surface area contributed by atoms with Crippen molar-refractivity contribution in [3.05, 3.63) is 59.2 Å². The third kappa shape index (κ3) is 2.84. The number of rotatable bonds is 3. The highest BCUT2D eigenvalue weighted by molar-refractivity contribution is 6.10. The van der Waals surface area contributed by atoms with Crippen LogP contribution in [0.2, 0.25) is 0 Å². The van der Waals surface area contributed by atoms with Gasteiger partial charge in [0.1, 0.15) is 6.04 Å². The number of para-hydroxylation sites is 2. The summed E-state index contributed by atoms with van der Waals surface area (Å²) >= 11 is 0. The van der Waals surface area contributed by atoms with E-state index in [-0.39, 0.29) is 24.3 Å². The van der Waals surface area contributed by atoms with Gasteiger partial charge in [-0.15, -0.1) is 0 Å². The minimum atomic E-state index is -0.336. The van der Waals surface area contributed by atoms with Crippen LogP contribution in [0.15, 0.2) is 42.5 Å². The van der Waals surface area contributed by atoms with E-state index >= 15 is 0 Å². The third-order valence-electron chi connectivity index (χ3n) is 4.33. The van der Waals surface area contributed by atoms with Crippen LogP contribution in [0.25, 0.3) is 0 Å². The van der Waals surface area contributed by atoms with Crippen molar-refractivity contribution in [2.24, 2.45) is 0 Å². The van der Waals surface area contributed by atoms with Crippen LogP contribution in [-0.2, 0) is 4.79 Å². The number of carbonyl (C=O) groups excluding carboxylic acids is 2. The molecule has 2 aromatic carbocycles. The van der Waals surface area contributed by atoms with E-state index in [0.29, 0.717) is 5.56 Å². The molecule has 0 aromatic heterocycles. The number of hydrogen-bond donors (Lipinski definition) is 1. The number of nitrogens with zero attached hydrogens (tertiary/aromatic N) is 1. The first-order valence-corrected chi connectivity index (χ1v) is 7.75. The lowest BCUT2D eigenvalue weighted by Crippen LogP contribution is -2.47. The number of ketones is 1. The standard InChI is InChI=1S/C19H20N2O2/c1-12-8-9-15(10-13(12)2)18(22)11-21-17-7-5-4-6-16(17)20-14(3)19(21)23/h4-10,14,20H,11H2,1-3H3. The molecule has 0 spiro atoms. The molecule has 0 saturated heterocycles. The molecule has 1 aliphatic heterocycles. The largest absolute Gasteiger partial charge is 0.372 e. The zero-order valence-electron chi connectivity index (χ0n) is 13.6. The normalized spacial score (nSPS) is 16.7. The number of fused-ring (bicyclic) bond motifs is 1. The Morgan fingerprint density at radius 3 is 2.61 bits per heavy atom. The fraction of sp³-hybridized carbons (Fsp3) is 0.263. The predicted molar refractivity (Wildman–Crippen MR) is 92.1 cm³/mol. The predicted octanol–water partition coefficient (Wildman–Crippen LogP) is 3.33. The van der Waals surface area contributed by atoms with Crippen molar-refractivity contribution < 1.29 is 9.59 Å². The number of nitrogens with one attached hydrogen (secondary N) is 1. The molecule has 1 heterocycles. The van der Waals surface area contributed by atoms with Crippen LogP contribution < -0.4 is 10.2 Å². The molecule has 1 aliphatic rings. The summed E-state index contributed by atoms with van der Waals surface area (Å²) in [6.07, 6.45) is 0. The van der Waals surface area contributed by atoms with Gasteiger partial charge in [0.2, 0.25) is 5.91 Å². The van der Waals surface area contributed by atoms with Crippen LogP contribution >= 0.6 is 0 Å². The highest BCUT2D eigenvalue weighted by Crippen LogP contribution is 2.31. The Bertz CT molecular complexity index is 783. The minimum Gasteiger partial charge on any atom is -0.372 e. The SMILES string of the molecule is Cc1ccc(C(=O)CN2C(=O)C(C)Nc3ccccc32)cc1C. The van der Waals surface area contributed by atoms with E-state index in [0.717, 1.165) is 22.5 Å². The molecule has 4 nitrogen and oxygen atoms in total. The number of hydrogen-bond acceptors (Lipinski definition) is 3. The van der Waals surface area contributed by atoms with Crippen LogP contribution in [0.1, 0.15) is 28.4 Å². The van der Waals surface area contributed by atoms with Crippen molar-refractivity contribution in [2.45, 2.75) is 26.8 Å². The van der Waals surface area contributed by atoms with Gasteiger partial charge in [0.25, 0.3) is 0 Å². The quantitative estimate of drug-likeness (QED) is 0.885. The minimum absolute atomic E-state index is 0.0506. The van der Waals surface area contributed by atoms with Crippen LogP contribution in [0.4, 0.5) is 11.4 Å². The molecule has 0 radical (unpaired) electrons. The summed E-state index contributed by atoms with van der Waals surface area (Å²) in [7, 11) is 0. The smallest absolute Gasteiger partial charge is 0.249 e. The number of benzene rings is 2. The van der Waals surface area contributed by atoms with Crippen LogP contribution in [0.5, 0.6) is 0 Å². The Kier molecular flexibility index (Phi) is 3.90. The molecular weight excluding hydrogens is 288 g/mol. The lowest BCUT2D eigenvalue weighted by molar-refractivity contribution is -0.119. The van der Waals surface area contributed by atoms with E-state index in [1.165, 1.54) is 0 Å². The van der Waals surface area contributed by atoms with Crippen LogP contribution in [0.3, 0.4) is 0 Å². The Hall–Kier alpha value is -2.62. The molecule has 1 unspecified atom stereocenters. The summed E-state index contributed by atoms with van der Waals surface area (Å²) < 4.78 is 0. The summed E-state index contributed by atoms with van der Waals surface area (Å²) in [5, 5.41) is 3.17. The maximum Gasteiger partial charge on any atom is 0.249 e. The Morgan fingerprint density at radius 2 is 1.87 bits per heavy atom. The van der Waals surface area contributed by atoms with E-state index in [9.17, 15) is 9.59 Å². The molecule has 0 bridgehead atoms. The van der Waals surface area contributed by atoms with Gasteiger partial charge in [-0.2, -0.15) is 0 Å². The maximum absolute atomic E-state index is 12.6. The molecule has 1 N–H and O–H groups in total. The highest BCUT2D eigenvalue weighted by atomic mass is 16.2. The number of Topliss-reactive ketones (excluding diaryl/α,β-unsaturated/α-hetero) is 1. The van der Waals surface area contributed by atoms with Gasteiger partial charge in [0, 0.05) is 5.56 Å². The van der Waals surface area contributed by atoms with Gasteiger partial charge in [-0.3, -0.25) is 9.59 Å². The van der Waals surface area contributed by atoms with Crippen molar-refractivity contribution in [1.29, 1.82) is 0 Å². The van der Waals surface area contributed by atoms with E-state index in [2.05, 4.69) is 5.32 Å².